The largest absolute Gasteiger partial charge is 0.744 e. The van der Waals surface area contributed by atoms with Gasteiger partial charge in [0.25, 0.3) is 0 Å². The van der Waals surface area contributed by atoms with Gasteiger partial charge >= 0.3 is 0 Å². The zero-order valence-electron chi connectivity index (χ0n) is 13.9. The second-order valence-corrected chi connectivity index (χ2v) is 7.44. The van der Waals surface area contributed by atoms with Gasteiger partial charge in [-0.05, 0) is 36.5 Å². The van der Waals surface area contributed by atoms with Gasteiger partial charge in [0.15, 0.2) is 0 Å². The zero-order valence-corrected chi connectivity index (χ0v) is 14.7. The second-order valence-electron chi connectivity index (χ2n) is 6.07. The smallest absolute Gasteiger partial charge is 0.124 e. The van der Waals surface area contributed by atoms with Gasteiger partial charge in [-0.15, -0.1) is 0 Å². The number of hydrogen-bond acceptors (Lipinski definition) is 3. The summed E-state index contributed by atoms with van der Waals surface area (Å²) in [4.78, 5) is -0.133. The lowest BCUT2D eigenvalue weighted by Gasteiger charge is -2.17. The van der Waals surface area contributed by atoms with Gasteiger partial charge in [-0.1, -0.05) is 70.9 Å². The van der Waals surface area contributed by atoms with E-state index in [9.17, 15) is 13.0 Å². The molecule has 0 heterocycles. The molecule has 0 aromatic heterocycles. The Bertz CT molecular complexity index is 506. The fourth-order valence-electron chi connectivity index (χ4n) is 2.90. The van der Waals surface area contributed by atoms with Gasteiger partial charge in [0.05, 0.1) is 4.90 Å². The standard InChI is InChI=1S/C18H30O3S/c1-3-5-6-7-8-9-11-16(10-4-2)17-12-14-18(15-13-17)22(19,20)21/h12-16H,3-11H2,1-2H3,(H,19,20,21)/p-1. The zero-order chi connectivity index (χ0) is 16.4. The van der Waals surface area contributed by atoms with Crippen LogP contribution in [0.15, 0.2) is 29.2 Å². The molecule has 0 radical (unpaired) electrons. The Kier molecular flexibility index (Phi) is 8.72. The number of unbranched alkanes of at least 4 members (excludes halogenated alkanes) is 5. The molecule has 3 nitrogen and oxygen atoms in total. The van der Waals surface area contributed by atoms with Gasteiger partial charge in [-0.3, -0.25) is 0 Å². The molecule has 0 fully saturated rings. The van der Waals surface area contributed by atoms with Gasteiger partial charge in [-0.25, -0.2) is 8.42 Å². The normalized spacial score (nSPS) is 13.2. The molecule has 0 aliphatic rings. The minimum Gasteiger partial charge on any atom is -0.744 e. The van der Waals surface area contributed by atoms with E-state index >= 15 is 0 Å². The van der Waals surface area contributed by atoms with Gasteiger partial charge in [0, 0.05) is 0 Å². The van der Waals surface area contributed by atoms with E-state index in [2.05, 4.69) is 13.8 Å². The van der Waals surface area contributed by atoms with Crippen LogP contribution in [0.5, 0.6) is 0 Å². The minimum atomic E-state index is -4.34. The van der Waals surface area contributed by atoms with Crippen molar-refractivity contribution >= 4 is 10.1 Å². The van der Waals surface area contributed by atoms with Crippen molar-refractivity contribution in [3.05, 3.63) is 29.8 Å². The third-order valence-electron chi connectivity index (χ3n) is 4.18. The number of benzene rings is 1. The first-order valence-corrected chi connectivity index (χ1v) is 9.95. The van der Waals surface area contributed by atoms with Crippen LogP contribution in [-0.2, 0) is 10.1 Å². The highest BCUT2D eigenvalue weighted by Gasteiger charge is 2.11. The van der Waals surface area contributed by atoms with Crippen molar-refractivity contribution in [1.82, 2.24) is 0 Å². The molecule has 0 bridgehead atoms. The van der Waals surface area contributed by atoms with E-state index in [0.717, 1.165) is 24.8 Å². The Morgan fingerprint density at radius 1 is 0.864 bits per heavy atom. The molecule has 126 valence electrons. The van der Waals surface area contributed by atoms with Crippen LogP contribution in [0.1, 0.15) is 83.1 Å². The van der Waals surface area contributed by atoms with Gasteiger partial charge in [0.1, 0.15) is 10.1 Å². The topological polar surface area (TPSA) is 57.2 Å². The van der Waals surface area contributed by atoms with Crippen LogP contribution in [0.4, 0.5) is 0 Å². The van der Waals surface area contributed by atoms with Crippen LogP contribution in [0, 0.1) is 0 Å². The van der Waals surface area contributed by atoms with Crippen molar-refractivity contribution in [2.75, 3.05) is 0 Å². The molecule has 0 spiro atoms. The molecule has 0 amide bonds. The molecule has 1 atom stereocenters. The van der Waals surface area contributed by atoms with Crippen molar-refractivity contribution in [3.8, 4) is 0 Å². The lowest BCUT2D eigenvalue weighted by Crippen LogP contribution is -2.02. The molecule has 1 rings (SSSR count). The molecular weight excluding hydrogens is 296 g/mol. The van der Waals surface area contributed by atoms with Crippen molar-refractivity contribution in [2.45, 2.75) is 82.4 Å². The van der Waals surface area contributed by atoms with Crippen molar-refractivity contribution < 1.29 is 13.0 Å². The second kappa shape index (κ2) is 10.0. The van der Waals surface area contributed by atoms with E-state index < -0.39 is 10.1 Å². The average Bonchev–Trinajstić information content (AvgIpc) is 2.49. The number of rotatable bonds is 11. The molecule has 1 aromatic rings. The Labute approximate surface area is 135 Å². The first-order chi connectivity index (χ1) is 10.5. The summed E-state index contributed by atoms with van der Waals surface area (Å²) < 4.78 is 32.9. The van der Waals surface area contributed by atoms with Crippen molar-refractivity contribution in [1.29, 1.82) is 0 Å². The molecular formula is C18H29O3S-. The molecule has 0 saturated heterocycles. The van der Waals surface area contributed by atoms with Crippen molar-refractivity contribution in [2.24, 2.45) is 0 Å². The highest BCUT2D eigenvalue weighted by molar-refractivity contribution is 7.85. The minimum absolute atomic E-state index is 0.133. The van der Waals surface area contributed by atoms with E-state index in [-0.39, 0.29) is 4.90 Å². The van der Waals surface area contributed by atoms with E-state index in [1.807, 2.05) is 12.1 Å². The molecule has 0 aliphatic heterocycles. The number of hydrogen-bond donors (Lipinski definition) is 0. The summed E-state index contributed by atoms with van der Waals surface area (Å²) >= 11 is 0. The maximum Gasteiger partial charge on any atom is 0.124 e. The fourth-order valence-corrected chi connectivity index (χ4v) is 3.37. The van der Waals surface area contributed by atoms with Crippen LogP contribution >= 0.6 is 0 Å². The van der Waals surface area contributed by atoms with Gasteiger partial charge in [0.2, 0.25) is 0 Å². The molecule has 4 heteroatoms. The van der Waals surface area contributed by atoms with Crippen LogP contribution < -0.4 is 0 Å². The van der Waals surface area contributed by atoms with Crippen molar-refractivity contribution in [3.63, 3.8) is 0 Å². The van der Waals surface area contributed by atoms with Crippen LogP contribution in [0.25, 0.3) is 0 Å². The molecule has 0 N–H and O–H groups in total. The summed E-state index contributed by atoms with van der Waals surface area (Å²) in [5, 5.41) is 0. The van der Waals surface area contributed by atoms with E-state index in [1.165, 1.54) is 50.7 Å². The maximum absolute atomic E-state index is 11.0. The summed E-state index contributed by atoms with van der Waals surface area (Å²) in [7, 11) is -4.34. The quantitative estimate of drug-likeness (QED) is 0.414. The molecule has 22 heavy (non-hydrogen) atoms. The predicted molar refractivity (Wildman–Crippen MR) is 90.0 cm³/mol. The van der Waals surface area contributed by atoms with E-state index in [1.54, 1.807) is 0 Å². The Morgan fingerprint density at radius 3 is 2.00 bits per heavy atom. The summed E-state index contributed by atoms with van der Waals surface area (Å²) in [6.07, 6.45) is 11.1. The van der Waals surface area contributed by atoms with Gasteiger partial charge < -0.3 is 4.55 Å². The molecule has 0 aliphatic carbocycles. The Balaban J connectivity index is 2.55. The predicted octanol–water partition coefficient (Wildman–Crippen LogP) is 5.23. The Hall–Kier alpha value is -0.870. The Morgan fingerprint density at radius 2 is 1.45 bits per heavy atom. The molecule has 1 aromatic carbocycles. The fraction of sp³-hybridized carbons (Fsp3) is 0.667. The van der Waals surface area contributed by atoms with E-state index in [4.69, 9.17) is 0 Å². The monoisotopic (exact) mass is 325 g/mol. The van der Waals surface area contributed by atoms with Crippen LogP contribution in [0.3, 0.4) is 0 Å². The van der Waals surface area contributed by atoms with Crippen LogP contribution in [-0.4, -0.2) is 13.0 Å². The first-order valence-electron chi connectivity index (χ1n) is 8.54. The first kappa shape index (κ1) is 19.2. The van der Waals surface area contributed by atoms with Crippen LogP contribution in [0.2, 0.25) is 0 Å². The molecule has 0 saturated carbocycles. The highest BCUT2D eigenvalue weighted by atomic mass is 32.2. The van der Waals surface area contributed by atoms with Gasteiger partial charge in [-0.2, -0.15) is 0 Å². The average molecular weight is 325 g/mol. The summed E-state index contributed by atoms with van der Waals surface area (Å²) in [5.74, 6) is 0.472. The summed E-state index contributed by atoms with van der Waals surface area (Å²) in [6, 6.07) is 6.51. The molecule has 1 unspecified atom stereocenters. The highest BCUT2D eigenvalue weighted by Crippen LogP contribution is 2.28. The summed E-state index contributed by atoms with van der Waals surface area (Å²) in [6.45, 7) is 4.40. The third kappa shape index (κ3) is 6.93. The third-order valence-corrected chi connectivity index (χ3v) is 5.03. The maximum atomic E-state index is 11.0. The lowest BCUT2D eigenvalue weighted by atomic mass is 9.89. The lowest BCUT2D eigenvalue weighted by molar-refractivity contribution is 0.463. The van der Waals surface area contributed by atoms with E-state index in [0.29, 0.717) is 5.92 Å². The summed E-state index contributed by atoms with van der Waals surface area (Å²) in [5.41, 5.74) is 1.16. The SMILES string of the molecule is CCCCCCCCC(CCC)c1ccc(S(=O)(=O)[O-])cc1.